The minimum atomic E-state index is -3.79. The SMILES string of the molecule is NS(=O)(=O)c1cc2c(s1)SC(c1ccc(O)cc1)CC2=O. The summed E-state index contributed by atoms with van der Waals surface area (Å²) in [5.74, 6) is 0.0761. The summed E-state index contributed by atoms with van der Waals surface area (Å²) >= 11 is 2.48. The zero-order valence-corrected chi connectivity index (χ0v) is 13.1. The number of benzene rings is 1. The Labute approximate surface area is 129 Å². The Hall–Kier alpha value is -1.35. The second-order valence-electron chi connectivity index (χ2n) is 4.64. The molecule has 0 saturated carbocycles. The molecule has 0 amide bonds. The summed E-state index contributed by atoms with van der Waals surface area (Å²) in [5, 5.41) is 14.3. The lowest BCUT2D eigenvalue weighted by Crippen LogP contribution is -2.11. The Balaban J connectivity index is 1.97. The summed E-state index contributed by atoms with van der Waals surface area (Å²) in [5.41, 5.74) is 1.35. The van der Waals surface area contributed by atoms with Gasteiger partial charge in [-0.05, 0) is 23.8 Å². The van der Waals surface area contributed by atoms with Crippen LogP contribution in [0.5, 0.6) is 5.75 Å². The number of sulfonamides is 1. The molecule has 1 aliphatic rings. The van der Waals surface area contributed by atoms with E-state index in [2.05, 4.69) is 0 Å². The number of aromatic hydroxyl groups is 1. The Morgan fingerprint density at radius 1 is 1.24 bits per heavy atom. The Kier molecular flexibility index (Phi) is 3.56. The monoisotopic (exact) mass is 341 g/mol. The summed E-state index contributed by atoms with van der Waals surface area (Å²) in [6.45, 7) is 0. The lowest BCUT2D eigenvalue weighted by atomic mass is 10.0. The van der Waals surface area contributed by atoms with Gasteiger partial charge in [0.15, 0.2) is 5.78 Å². The Bertz CT molecular complexity index is 808. The molecule has 0 spiro atoms. The van der Waals surface area contributed by atoms with Crippen LogP contribution in [0.3, 0.4) is 0 Å². The highest BCUT2D eigenvalue weighted by Crippen LogP contribution is 2.48. The van der Waals surface area contributed by atoms with Crippen LogP contribution in [0, 0.1) is 0 Å². The van der Waals surface area contributed by atoms with Gasteiger partial charge >= 0.3 is 0 Å². The average Bonchev–Trinajstić information content (AvgIpc) is 2.84. The fourth-order valence-corrected chi connectivity index (χ4v) is 5.79. The molecule has 0 fully saturated rings. The van der Waals surface area contributed by atoms with E-state index in [0.29, 0.717) is 16.2 Å². The first-order chi connectivity index (χ1) is 9.84. The molecular formula is C13H11NO4S3. The molecule has 1 aromatic heterocycles. The van der Waals surface area contributed by atoms with Crippen molar-refractivity contribution in [1.82, 2.24) is 0 Å². The van der Waals surface area contributed by atoms with Gasteiger partial charge in [-0.1, -0.05) is 12.1 Å². The number of phenols is 1. The zero-order chi connectivity index (χ0) is 15.2. The fraction of sp³-hybridized carbons (Fsp3) is 0.154. The van der Waals surface area contributed by atoms with Gasteiger partial charge in [0.2, 0.25) is 10.0 Å². The average molecular weight is 341 g/mol. The predicted octanol–water partition coefficient (Wildman–Crippen LogP) is 2.52. The van der Waals surface area contributed by atoms with E-state index in [-0.39, 0.29) is 21.0 Å². The number of rotatable bonds is 2. The van der Waals surface area contributed by atoms with Gasteiger partial charge in [0.1, 0.15) is 9.96 Å². The third-order valence-electron chi connectivity index (χ3n) is 3.14. The summed E-state index contributed by atoms with van der Waals surface area (Å²) in [7, 11) is -3.79. The molecule has 8 heteroatoms. The summed E-state index contributed by atoms with van der Waals surface area (Å²) in [4.78, 5) is 12.2. The molecule has 0 aliphatic carbocycles. The second kappa shape index (κ2) is 5.13. The highest BCUT2D eigenvalue weighted by molar-refractivity contribution is 8.02. The molecule has 5 nitrogen and oxygen atoms in total. The van der Waals surface area contributed by atoms with Crippen molar-refractivity contribution in [3.63, 3.8) is 0 Å². The lowest BCUT2D eigenvalue weighted by molar-refractivity contribution is 0.0977. The van der Waals surface area contributed by atoms with Gasteiger partial charge in [-0.25, -0.2) is 13.6 Å². The van der Waals surface area contributed by atoms with Crippen molar-refractivity contribution in [3.8, 4) is 5.75 Å². The van der Waals surface area contributed by atoms with Crippen LogP contribution in [-0.4, -0.2) is 19.3 Å². The van der Waals surface area contributed by atoms with Crippen molar-refractivity contribution in [2.75, 3.05) is 0 Å². The van der Waals surface area contributed by atoms with E-state index >= 15 is 0 Å². The van der Waals surface area contributed by atoms with Gasteiger partial charge in [-0.2, -0.15) is 0 Å². The zero-order valence-electron chi connectivity index (χ0n) is 10.6. The minimum Gasteiger partial charge on any atom is -0.508 e. The third-order valence-corrected chi connectivity index (χ3v) is 7.19. The number of hydrogen-bond acceptors (Lipinski definition) is 6. The van der Waals surface area contributed by atoms with E-state index in [1.807, 2.05) is 0 Å². The van der Waals surface area contributed by atoms with Crippen molar-refractivity contribution in [3.05, 3.63) is 41.5 Å². The quantitative estimate of drug-likeness (QED) is 0.875. The molecule has 21 heavy (non-hydrogen) atoms. The predicted molar refractivity (Wildman–Crippen MR) is 81.3 cm³/mol. The first kappa shape index (κ1) is 14.6. The summed E-state index contributed by atoms with van der Waals surface area (Å²) in [6.07, 6.45) is 0.295. The number of thiophene rings is 1. The number of thioether (sulfide) groups is 1. The van der Waals surface area contributed by atoms with Crippen molar-refractivity contribution in [2.24, 2.45) is 5.14 Å². The molecule has 0 bridgehead atoms. The van der Waals surface area contributed by atoms with Crippen LogP contribution in [0.2, 0.25) is 0 Å². The van der Waals surface area contributed by atoms with Crippen molar-refractivity contribution in [2.45, 2.75) is 20.1 Å². The molecule has 1 aromatic carbocycles. The Morgan fingerprint density at radius 2 is 1.90 bits per heavy atom. The van der Waals surface area contributed by atoms with E-state index in [0.717, 1.165) is 16.9 Å². The number of carbonyl (C=O) groups is 1. The van der Waals surface area contributed by atoms with E-state index in [4.69, 9.17) is 5.14 Å². The molecule has 2 heterocycles. The van der Waals surface area contributed by atoms with Gasteiger partial charge < -0.3 is 5.11 Å². The fourth-order valence-electron chi connectivity index (χ4n) is 2.10. The van der Waals surface area contributed by atoms with E-state index < -0.39 is 10.0 Å². The number of primary sulfonamides is 1. The van der Waals surface area contributed by atoms with E-state index in [9.17, 15) is 18.3 Å². The van der Waals surface area contributed by atoms with Crippen LogP contribution in [0.15, 0.2) is 38.8 Å². The summed E-state index contributed by atoms with van der Waals surface area (Å²) in [6, 6.07) is 8.02. The van der Waals surface area contributed by atoms with E-state index in [1.54, 1.807) is 24.3 Å². The number of ketones is 1. The first-order valence-corrected chi connectivity index (χ1v) is 9.24. The van der Waals surface area contributed by atoms with Crippen LogP contribution >= 0.6 is 23.1 Å². The smallest absolute Gasteiger partial charge is 0.247 e. The molecular weight excluding hydrogens is 330 g/mol. The van der Waals surface area contributed by atoms with Crippen molar-refractivity contribution in [1.29, 1.82) is 0 Å². The van der Waals surface area contributed by atoms with Crippen molar-refractivity contribution < 1.29 is 18.3 Å². The number of hydrogen-bond donors (Lipinski definition) is 2. The normalized spacial score (nSPS) is 18.5. The molecule has 3 N–H and O–H groups in total. The van der Waals surface area contributed by atoms with Crippen LogP contribution in [0.1, 0.15) is 27.6 Å². The number of phenolic OH excluding ortho intramolecular Hbond substituents is 1. The molecule has 1 aliphatic heterocycles. The maximum absolute atomic E-state index is 12.2. The first-order valence-electron chi connectivity index (χ1n) is 6.00. The number of fused-ring (bicyclic) bond motifs is 1. The Morgan fingerprint density at radius 3 is 2.52 bits per heavy atom. The van der Waals surface area contributed by atoms with Gasteiger partial charge in [0.05, 0.1) is 4.21 Å². The number of nitrogens with two attached hydrogens (primary N) is 1. The number of carbonyl (C=O) groups excluding carboxylic acids is 1. The van der Waals surface area contributed by atoms with Gasteiger partial charge in [-0.15, -0.1) is 23.1 Å². The standard InChI is InChI=1S/C13H11NO4S3/c14-21(17,18)12-5-9-10(16)6-11(19-13(9)20-12)7-1-3-8(15)4-2-7/h1-5,11,15H,6H2,(H2,14,17,18). The van der Waals surface area contributed by atoms with Gasteiger partial charge in [-0.3, -0.25) is 4.79 Å². The largest absolute Gasteiger partial charge is 0.508 e. The van der Waals surface area contributed by atoms with E-state index in [1.165, 1.54) is 17.8 Å². The molecule has 0 radical (unpaired) electrons. The maximum atomic E-state index is 12.2. The highest BCUT2D eigenvalue weighted by atomic mass is 32.3. The minimum absolute atomic E-state index is 0.0136. The molecule has 1 atom stereocenters. The van der Waals surface area contributed by atoms with Crippen LogP contribution in [-0.2, 0) is 10.0 Å². The van der Waals surface area contributed by atoms with Gasteiger partial charge in [0, 0.05) is 17.2 Å². The maximum Gasteiger partial charge on any atom is 0.247 e. The topological polar surface area (TPSA) is 97.5 Å². The lowest BCUT2D eigenvalue weighted by Gasteiger charge is -2.20. The van der Waals surface area contributed by atoms with Crippen molar-refractivity contribution >= 4 is 38.9 Å². The van der Waals surface area contributed by atoms with Crippen LogP contribution < -0.4 is 5.14 Å². The summed E-state index contributed by atoms with van der Waals surface area (Å²) < 4.78 is 23.5. The van der Waals surface area contributed by atoms with Gasteiger partial charge in [0.25, 0.3) is 0 Å². The van der Waals surface area contributed by atoms with Crippen LogP contribution in [0.25, 0.3) is 0 Å². The van der Waals surface area contributed by atoms with Crippen LogP contribution in [0.4, 0.5) is 0 Å². The molecule has 1 unspecified atom stereocenters. The molecule has 2 aromatic rings. The molecule has 0 saturated heterocycles. The molecule has 110 valence electrons. The number of Topliss-reactive ketones (excluding diaryl/α,β-unsaturated/α-hetero) is 1. The highest BCUT2D eigenvalue weighted by Gasteiger charge is 2.30. The third kappa shape index (κ3) is 2.84. The second-order valence-corrected chi connectivity index (χ2v) is 8.95. The molecule has 3 rings (SSSR count).